The molecular formula is C12H8AsClN2O6. The Labute approximate surface area is 132 Å². The van der Waals surface area contributed by atoms with E-state index in [1.54, 1.807) is 0 Å². The van der Waals surface area contributed by atoms with Crippen LogP contribution < -0.4 is 8.70 Å². The summed E-state index contributed by atoms with van der Waals surface area (Å²) in [4.78, 5) is 20.2. The summed E-state index contributed by atoms with van der Waals surface area (Å²) in [7, 11) is 6.33. The van der Waals surface area contributed by atoms with Gasteiger partial charge in [-0.15, -0.1) is 0 Å². The Balaban J connectivity index is 2.46. The van der Waals surface area contributed by atoms with Crippen LogP contribution in [0.1, 0.15) is 0 Å². The van der Waals surface area contributed by atoms with Gasteiger partial charge in [0.05, 0.1) is 0 Å². The third-order valence-electron chi connectivity index (χ3n) is 2.76. The van der Waals surface area contributed by atoms with Gasteiger partial charge in [0.1, 0.15) is 0 Å². The van der Waals surface area contributed by atoms with E-state index in [1.807, 2.05) is 0 Å². The molecule has 0 aliphatic carbocycles. The molecule has 0 saturated carbocycles. The molecule has 0 spiro atoms. The minimum absolute atomic E-state index is 0.429. The van der Waals surface area contributed by atoms with Gasteiger partial charge in [-0.05, 0) is 0 Å². The Morgan fingerprint density at radius 2 is 1.23 bits per heavy atom. The van der Waals surface area contributed by atoms with Crippen LogP contribution in [0.5, 0.6) is 11.5 Å². The van der Waals surface area contributed by atoms with Crippen molar-refractivity contribution in [3.63, 3.8) is 0 Å². The molecule has 2 aromatic carbocycles. The molecule has 0 saturated heterocycles. The topological polar surface area (TPSA) is 127 Å². The van der Waals surface area contributed by atoms with E-state index in [0.717, 1.165) is 24.3 Å². The summed E-state index contributed by atoms with van der Waals surface area (Å²) in [5.41, 5.74) is -0.961. The van der Waals surface area contributed by atoms with Gasteiger partial charge in [-0.2, -0.15) is 0 Å². The molecule has 2 aromatic rings. The summed E-state index contributed by atoms with van der Waals surface area (Å²) in [6, 6.07) is 7.50. The van der Waals surface area contributed by atoms with Gasteiger partial charge in [0, 0.05) is 0 Å². The fourth-order valence-corrected chi connectivity index (χ4v) is 5.28. The van der Waals surface area contributed by atoms with E-state index in [0.29, 0.717) is 8.70 Å². The van der Waals surface area contributed by atoms with Crippen LogP contribution in [0.15, 0.2) is 36.4 Å². The summed E-state index contributed by atoms with van der Waals surface area (Å²) in [6.07, 6.45) is 0. The van der Waals surface area contributed by atoms with Gasteiger partial charge in [0.2, 0.25) is 0 Å². The van der Waals surface area contributed by atoms with Crippen molar-refractivity contribution in [2.75, 3.05) is 0 Å². The maximum absolute atomic E-state index is 10.8. The SMILES string of the molecule is O=[N+]([O-])c1cc([As](Cl)c2ccc(O)c([N+](=O)[O-])c2)ccc1O. The number of hydrogen-bond donors (Lipinski definition) is 2. The normalized spacial score (nSPS) is 10.6. The molecule has 114 valence electrons. The first-order valence-corrected chi connectivity index (χ1v) is 10.1. The number of hydrogen-bond acceptors (Lipinski definition) is 6. The second kappa shape index (κ2) is 6.21. The van der Waals surface area contributed by atoms with Crippen LogP contribution in [-0.2, 0) is 0 Å². The Bertz CT molecular complexity index is 706. The second-order valence-corrected chi connectivity index (χ2v) is 9.24. The summed E-state index contributed by atoms with van der Waals surface area (Å²) in [5.74, 6) is -0.964. The number of nitro benzene ring substituents is 2. The fourth-order valence-electron chi connectivity index (χ4n) is 1.71. The molecule has 0 atom stereocenters. The van der Waals surface area contributed by atoms with Crippen molar-refractivity contribution in [3.05, 3.63) is 56.6 Å². The monoisotopic (exact) mass is 386 g/mol. The summed E-state index contributed by atoms with van der Waals surface area (Å²) in [6.45, 7) is 0. The average Bonchev–Trinajstić information content (AvgIpc) is 2.47. The van der Waals surface area contributed by atoms with Gasteiger partial charge in [-0.3, -0.25) is 0 Å². The molecule has 0 aliphatic rings. The molecule has 0 bridgehead atoms. The number of phenols is 2. The van der Waals surface area contributed by atoms with Crippen molar-refractivity contribution >= 4 is 43.7 Å². The van der Waals surface area contributed by atoms with Crippen LogP contribution in [0.4, 0.5) is 11.4 Å². The van der Waals surface area contributed by atoms with E-state index >= 15 is 0 Å². The first-order chi connectivity index (χ1) is 10.3. The first-order valence-electron chi connectivity index (χ1n) is 5.72. The van der Waals surface area contributed by atoms with Crippen molar-refractivity contribution < 1.29 is 20.1 Å². The van der Waals surface area contributed by atoms with Crippen LogP contribution >= 0.6 is 9.95 Å². The van der Waals surface area contributed by atoms with E-state index < -0.39 is 46.4 Å². The van der Waals surface area contributed by atoms with Crippen molar-refractivity contribution in [3.8, 4) is 11.5 Å². The molecule has 2 N–H and O–H groups in total. The second-order valence-electron chi connectivity index (χ2n) is 4.14. The average molecular weight is 387 g/mol. The van der Waals surface area contributed by atoms with E-state index in [9.17, 15) is 30.4 Å². The number of nitrogens with zero attached hydrogens (tertiary/aromatic N) is 2. The zero-order chi connectivity index (χ0) is 16.4. The quantitative estimate of drug-likeness (QED) is 0.463. The van der Waals surface area contributed by atoms with E-state index in [1.165, 1.54) is 12.1 Å². The molecular weight excluding hydrogens is 379 g/mol. The van der Waals surface area contributed by atoms with E-state index in [4.69, 9.17) is 9.95 Å². The predicted octanol–water partition coefficient (Wildman–Crippen LogP) is 1.26. The number of rotatable bonds is 4. The Morgan fingerprint density at radius 1 is 0.864 bits per heavy atom. The van der Waals surface area contributed by atoms with Crippen LogP contribution in [0.3, 0.4) is 0 Å². The van der Waals surface area contributed by atoms with Crippen molar-refractivity contribution in [2.24, 2.45) is 0 Å². The fraction of sp³-hybridized carbons (Fsp3) is 0. The molecule has 0 fully saturated rings. The summed E-state index contributed by atoms with van der Waals surface area (Å²) >= 11 is -2.53. The molecule has 0 aromatic heterocycles. The molecule has 8 nitrogen and oxygen atoms in total. The van der Waals surface area contributed by atoms with Gasteiger partial charge in [-0.1, -0.05) is 0 Å². The molecule has 10 heteroatoms. The van der Waals surface area contributed by atoms with Crippen LogP contribution in [0, 0.1) is 20.2 Å². The van der Waals surface area contributed by atoms with Crippen LogP contribution in [-0.4, -0.2) is 33.8 Å². The third-order valence-corrected chi connectivity index (χ3v) is 7.86. The molecule has 0 unspecified atom stereocenters. The van der Waals surface area contributed by atoms with Crippen molar-refractivity contribution in [1.29, 1.82) is 0 Å². The Morgan fingerprint density at radius 3 is 1.55 bits per heavy atom. The number of aromatic hydroxyl groups is 2. The molecule has 0 aliphatic heterocycles. The van der Waals surface area contributed by atoms with Crippen molar-refractivity contribution in [1.82, 2.24) is 0 Å². The first kappa shape index (κ1) is 16.1. The zero-order valence-corrected chi connectivity index (χ0v) is 13.3. The third kappa shape index (κ3) is 3.13. The van der Waals surface area contributed by atoms with Gasteiger partial charge in [0.15, 0.2) is 0 Å². The molecule has 0 heterocycles. The van der Waals surface area contributed by atoms with Crippen molar-refractivity contribution in [2.45, 2.75) is 0 Å². The zero-order valence-electron chi connectivity index (χ0n) is 10.7. The Hall–Kier alpha value is -2.31. The molecule has 0 radical (unpaired) electrons. The van der Waals surface area contributed by atoms with E-state index in [2.05, 4.69) is 0 Å². The maximum atomic E-state index is 10.8. The number of benzene rings is 2. The molecule has 0 amide bonds. The number of phenolic OH excluding ortho intramolecular Hbond substituents is 2. The van der Waals surface area contributed by atoms with Crippen LogP contribution in [0.25, 0.3) is 0 Å². The van der Waals surface area contributed by atoms with Gasteiger partial charge < -0.3 is 0 Å². The van der Waals surface area contributed by atoms with Crippen LogP contribution in [0.2, 0.25) is 0 Å². The van der Waals surface area contributed by atoms with E-state index in [-0.39, 0.29) is 0 Å². The number of halogens is 1. The summed E-state index contributed by atoms with van der Waals surface area (Å²) < 4.78 is 0.859. The summed E-state index contributed by atoms with van der Waals surface area (Å²) in [5, 5.41) is 40.5. The van der Waals surface area contributed by atoms with Gasteiger partial charge in [-0.25, -0.2) is 0 Å². The Kier molecular flexibility index (Phi) is 4.53. The standard InChI is InChI=1S/C12H8AsClN2O6/c14-13(7-1-3-11(17)9(5-7)15(19)20)8-2-4-12(18)10(6-8)16(21)22/h1-6,17-18H. The molecule has 2 rings (SSSR count). The minimum atomic E-state index is -2.53. The number of nitro groups is 2. The van der Waals surface area contributed by atoms with Gasteiger partial charge >= 0.3 is 132 Å². The predicted molar refractivity (Wildman–Crippen MR) is 80.4 cm³/mol. The van der Waals surface area contributed by atoms with Gasteiger partial charge in [0.25, 0.3) is 0 Å². The molecule has 22 heavy (non-hydrogen) atoms.